The van der Waals surface area contributed by atoms with Crippen LogP contribution < -0.4 is 15.2 Å². The summed E-state index contributed by atoms with van der Waals surface area (Å²) < 4.78 is 31.4. The van der Waals surface area contributed by atoms with Gasteiger partial charge in [0.05, 0.1) is 15.7 Å². The molecule has 5 nitrogen and oxygen atoms in total. The number of nitrogens with two attached hydrogens (primary N) is 1. The number of nitrogens with zero attached hydrogens (tertiary/aromatic N) is 1. The molecule has 8 heteroatoms. The summed E-state index contributed by atoms with van der Waals surface area (Å²) >= 11 is 12.4. The fourth-order valence-electron chi connectivity index (χ4n) is 2.78. The summed E-state index contributed by atoms with van der Waals surface area (Å²) in [6.07, 6.45) is 6.95. The molecule has 2 aliphatic rings. The second-order valence-electron chi connectivity index (χ2n) is 5.94. The minimum Gasteiger partial charge on any atom is -0.479 e. The Bertz CT molecular complexity index is 1020. The summed E-state index contributed by atoms with van der Waals surface area (Å²) in [4.78, 5) is 4.41. The fraction of sp³-hybridized carbons (Fsp3) is 0.211. The summed E-state index contributed by atoms with van der Waals surface area (Å²) in [6.45, 7) is 0.0148. The number of benzene rings is 1. The van der Waals surface area contributed by atoms with Crippen molar-refractivity contribution in [1.29, 1.82) is 0 Å². The molecule has 0 atom stereocenters. The van der Waals surface area contributed by atoms with Crippen molar-refractivity contribution in [2.75, 3.05) is 19.1 Å². The number of fused-ring (bicyclic) bond motifs is 1. The minimum absolute atomic E-state index is 0.0227. The molecule has 1 fully saturated rings. The van der Waals surface area contributed by atoms with Crippen LogP contribution in [0.3, 0.4) is 0 Å². The molecule has 1 aromatic heterocycles. The van der Waals surface area contributed by atoms with Crippen LogP contribution in [0.15, 0.2) is 17.7 Å². The van der Waals surface area contributed by atoms with E-state index in [1.165, 1.54) is 0 Å². The van der Waals surface area contributed by atoms with Crippen LogP contribution in [0.2, 0.25) is 10.0 Å². The van der Waals surface area contributed by atoms with Crippen molar-refractivity contribution in [3.63, 3.8) is 0 Å². The Kier molecular flexibility index (Phi) is 4.50. The van der Waals surface area contributed by atoms with Crippen molar-refractivity contribution in [3.05, 3.63) is 39.3 Å². The third kappa shape index (κ3) is 3.03. The number of allylic oxidation sites excluding steroid dienone is 1. The quantitative estimate of drug-likeness (QED) is 0.590. The highest BCUT2D eigenvalue weighted by molar-refractivity contribution is 6.34. The van der Waals surface area contributed by atoms with Crippen LogP contribution in [-0.2, 0) is 4.74 Å². The van der Waals surface area contributed by atoms with Crippen LogP contribution in [0.5, 0.6) is 11.5 Å². The number of hydrogen-bond acceptors (Lipinski definition) is 5. The maximum absolute atomic E-state index is 14.9. The summed E-state index contributed by atoms with van der Waals surface area (Å²) in [6, 6.07) is 3.16. The lowest BCUT2D eigenvalue weighted by atomic mass is 10.1. The van der Waals surface area contributed by atoms with Gasteiger partial charge in [0.2, 0.25) is 6.79 Å². The lowest BCUT2D eigenvalue weighted by molar-refractivity contribution is 0.174. The highest BCUT2D eigenvalue weighted by Gasteiger charge is 2.30. The molecule has 1 saturated carbocycles. The first kappa shape index (κ1) is 17.8. The van der Waals surface area contributed by atoms with E-state index < -0.39 is 5.82 Å². The smallest absolute Gasteiger partial charge is 0.231 e. The molecule has 27 heavy (non-hydrogen) atoms. The number of anilines is 1. The van der Waals surface area contributed by atoms with E-state index in [9.17, 15) is 4.39 Å². The maximum Gasteiger partial charge on any atom is 0.231 e. The molecule has 2 heterocycles. The SMILES string of the molecule is C#CCOC(=C1CC1)c1nc(-c2ccc(Cl)c3c2OCO3)c(F)c(N)c1Cl. The van der Waals surface area contributed by atoms with Crippen LogP contribution >= 0.6 is 23.2 Å². The number of terminal acetylenes is 1. The average molecular weight is 407 g/mol. The Morgan fingerprint density at radius 3 is 2.74 bits per heavy atom. The molecule has 0 bridgehead atoms. The van der Waals surface area contributed by atoms with Gasteiger partial charge in [-0.2, -0.15) is 0 Å². The van der Waals surface area contributed by atoms with E-state index in [-0.39, 0.29) is 35.5 Å². The molecule has 1 aromatic carbocycles. The maximum atomic E-state index is 14.9. The minimum atomic E-state index is -0.763. The predicted octanol–water partition coefficient (Wildman–Crippen LogP) is 4.66. The molecule has 1 aliphatic carbocycles. The van der Waals surface area contributed by atoms with Gasteiger partial charge in [-0.3, -0.25) is 0 Å². The molecule has 2 aromatic rings. The first-order chi connectivity index (χ1) is 13.0. The van der Waals surface area contributed by atoms with Gasteiger partial charge >= 0.3 is 0 Å². The summed E-state index contributed by atoms with van der Waals surface area (Å²) in [7, 11) is 0. The Morgan fingerprint density at radius 2 is 2.04 bits per heavy atom. The largest absolute Gasteiger partial charge is 0.479 e. The normalized spacial score (nSPS) is 14.1. The molecule has 0 spiro atoms. The van der Waals surface area contributed by atoms with E-state index in [0.717, 1.165) is 18.4 Å². The van der Waals surface area contributed by atoms with E-state index in [1.54, 1.807) is 12.1 Å². The van der Waals surface area contributed by atoms with Gasteiger partial charge in [0.15, 0.2) is 17.3 Å². The molecule has 0 saturated heterocycles. The van der Waals surface area contributed by atoms with E-state index in [2.05, 4.69) is 10.9 Å². The molecule has 0 amide bonds. The van der Waals surface area contributed by atoms with Crippen molar-refractivity contribution in [1.82, 2.24) is 4.98 Å². The van der Waals surface area contributed by atoms with Gasteiger partial charge in [0.1, 0.15) is 23.8 Å². The third-order valence-corrected chi connectivity index (χ3v) is 4.85. The zero-order valence-corrected chi connectivity index (χ0v) is 15.5. The molecular weight excluding hydrogens is 394 g/mol. The lowest BCUT2D eigenvalue weighted by Crippen LogP contribution is -2.06. The van der Waals surface area contributed by atoms with Gasteiger partial charge in [-0.25, -0.2) is 9.37 Å². The van der Waals surface area contributed by atoms with Gasteiger partial charge in [0, 0.05) is 5.56 Å². The average Bonchev–Trinajstić information content (AvgIpc) is 3.38. The van der Waals surface area contributed by atoms with Crippen molar-refractivity contribution >= 4 is 34.6 Å². The number of aromatic nitrogens is 1. The van der Waals surface area contributed by atoms with Crippen LogP contribution in [-0.4, -0.2) is 18.4 Å². The zero-order chi connectivity index (χ0) is 19.1. The molecule has 0 radical (unpaired) electrons. The Labute approximate surface area is 164 Å². The molecule has 0 unspecified atom stereocenters. The number of halogens is 3. The highest BCUT2D eigenvalue weighted by Crippen LogP contribution is 2.48. The standard InChI is InChI=1S/C19H13Cl2FN2O3/c1-2-7-25-17(9-3-4-9)16-12(21)14(23)13(22)15(24-16)10-5-6-11(20)19-18(10)26-8-27-19/h1,5-6H,3-4,7-8H2,(H2,23,24). The van der Waals surface area contributed by atoms with Gasteiger partial charge in [-0.15, -0.1) is 6.42 Å². The second kappa shape index (κ2) is 6.84. The second-order valence-corrected chi connectivity index (χ2v) is 6.72. The van der Waals surface area contributed by atoms with Gasteiger partial charge in [-0.1, -0.05) is 29.1 Å². The predicted molar refractivity (Wildman–Crippen MR) is 101 cm³/mol. The van der Waals surface area contributed by atoms with E-state index in [4.69, 9.17) is 49.6 Å². The van der Waals surface area contributed by atoms with Gasteiger partial charge < -0.3 is 19.9 Å². The summed E-state index contributed by atoms with van der Waals surface area (Å²) in [5.74, 6) is 2.70. The van der Waals surface area contributed by atoms with E-state index in [0.29, 0.717) is 27.8 Å². The van der Waals surface area contributed by atoms with Crippen molar-refractivity contribution < 1.29 is 18.6 Å². The number of rotatable bonds is 4. The van der Waals surface area contributed by atoms with Crippen molar-refractivity contribution in [2.45, 2.75) is 12.8 Å². The monoisotopic (exact) mass is 406 g/mol. The Morgan fingerprint density at radius 1 is 1.30 bits per heavy atom. The molecule has 2 N–H and O–H groups in total. The van der Waals surface area contributed by atoms with Gasteiger partial charge in [-0.05, 0) is 30.5 Å². The van der Waals surface area contributed by atoms with Crippen LogP contribution in [0.1, 0.15) is 18.5 Å². The van der Waals surface area contributed by atoms with Crippen LogP contribution in [0, 0.1) is 18.2 Å². The molecular formula is C19H13Cl2FN2O3. The Hall–Kier alpha value is -2.62. The fourth-order valence-corrected chi connectivity index (χ4v) is 3.20. The lowest BCUT2D eigenvalue weighted by Gasteiger charge is -2.15. The number of pyridine rings is 1. The molecule has 138 valence electrons. The van der Waals surface area contributed by atoms with Crippen molar-refractivity contribution in [3.8, 4) is 35.1 Å². The summed E-state index contributed by atoms with van der Waals surface area (Å²) in [5.41, 5.74) is 7.25. The van der Waals surface area contributed by atoms with Crippen molar-refractivity contribution in [2.24, 2.45) is 0 Å². The molecule has 1 aliphatic heterocycles. The van der Waals surface area contributed by atoms with Crippen LogP contribution in [0.4, 0.5) is 10.1 Å². The van der Waals surface area contributed by atoms with E-state index in [1.807, 2.05) is 0 Å². The topological polar surface area (TPSA) is 66.6 Å². The zero-order valence-electron chi connectivity index (χ0n) is 13.9. The Balaban J connectivity index is 1.92. The number of ether oxygens (including phenoxy) is 3. The summed E-state index contributed by atoms with van der Waals surface area (Å²) in [5, 5.41) is 0.331. The highest BCUT2D eigenvalue weighted by atomic mass is 35.5. The third-order valence-electron chi connectivity index (χ3n) is 4.17. The van der Waals surface area contributed by atoms with E-state index >= 15 is 0 Å². The number of nitrogen functional groups attached to an aromatic ring is 1. The molecule has 4 rings (SSSR count). The first-order valence-electron chi connectivity index (χ1n) is 8.04. The number of hydrogen-bond donors (Lipinski definition) is 1. The van der Waals surface area contributed by atoms with Gasteiger partial charge in [0.25, 0.3) is 0 Å². The van der Waals surface area contributed by atoms with Crippen LogP contribution in [0.25, 0.3) is 17.0 Å². The first-order valence-corrected chi connectivity index (χ1v) is 8.80.